The maximum Gasteiger partial charge on any atom is 0.348 e. The summed E-state index contributed by atoms with van der Waals surface area (Å²) in [5.41, 5.74) is 6.53. The highest BCUT2D eigenvalue weighted by molar-refractivity contribution is 7.14. The Labute approximate surface area is 133 Å². The molecule has 0 aromatic carbocycles. The average molecular weight is 318 g/mol. The molecule has 1 aliphatic rings. The summed E-state index contributed by atoms with van der Waals surface area (Å²) in [6, 6.07) is 3.60. The van der Waals surface area contributed by atoms with Gasteiger partial charge in [-0.2, -0.15) is 5.26 Å². The summed E-state index contributed by atoms with van der Waals surface area (Å²) in [5, 5.41) is 8.83. The quantitative estimate of drug-likeness (QED) is 0.840. The molecule has 2 rings (SSSR count). The van der Waals surface area contributed by atoms with Crippen molar-refractivity contribution in [1.82, 2.24) is 0 Å². The number of carbonyl (C=O) groups is 2. The third-order valence-electron chi connectivity index (χ3n) is 3.70. The molecule has 0 saturated heterocycles. The van der Waals surface area contributed by atoms with E-state index in [0.717, 1.165) is 19.3 Å². The Morgan fingerprint density at radius 3 is 3.00 bits per heavy atom. The van der Waals surface area contributed by atoms with Crippen molar-refractivity contribution < 1.29 is 14.3 Å². The summed E-state index contributed by atoms with van der Waals surface area (Å²) in [7, 11) is 0. The molecule has 22 heavy (non-hydrogen) atoms. The van der Waals surface area contributed by atoms with Crippen molar-refractivity contribution >= 4 is 23.1 Å². The molecule has 1 aliphatic carbocycles. The van der Waals surface area contributed by atoms with Crippen molar-refractivity contribution in [2.75, 3.05) is 6.61 Å². The molecule has 0 aliphatic heterocycles. The molecule has 6 heteroatoms. The number of nitrogens with zero attached hydrogens (tertiary/aromatic N) is 1. The number of aryl methyl sites for hydroxylation is 1. The first kappa shape index (κ1) is 16.2. The minimum atomic E-state index is -1.13. The molecule has 2 atom stereocenters. The van der Waals surface area contributed by atoms with Crippen LogP contribution in [-0.4, -0.2) is 18.4 Å². The monoisotopic (exact) mass is 318 g/mol. The highest BCUT2D eigenvalue weighted by Crippen LogP contribution is 2.32. The van der Waals surface area contributed by atoms with Crippen molar-refractivity contribution in [3.05, 3.63) is 33.7 Å². The number of hydrogen-bond donors (Lipinski definition) is 1. The van der Waals surface area contributed by atoms with Crippen LogP contribution in [0.2, 0.25) is 0 Å². The van der Waals surface area contributed by atoms with Crippen molar-refractivity contribution in [1.29, 1.82) is 5.26 Å². The molecule has 0 radical (unpaired) electrons. The Kier molecular flexibility index (Phi) is 4.99. The molecule has 0 spiro atoms. The number of allylic oxidation sites excluding steroid dienone is 1. The van der Waals surface area contributed by atoms with E-state index >= 15 is 0 Å². The number of esters is 1. The third kappa shape index (κ3) is 3.55. The van der Waals surface area contributed by atoms with Gasteiger partial charge in [0.15, 0.2) is 12.4 Å². The summed E-state index contributed by atoms with van der Waals surface area (Å²) < 4.78 is 5.00. The molecular formula is C16H18N2O3S. The summed E-state index contributed by atoms with van der Waals surface area (Å²) in [4.78, 5) is 25.5. The second-order valence-corrected chi connectivity index (χ2v) is 6.72. The Morgan fingerprint density at radius 2 is 2.36 bits per heavy atom. The molecule has 1 heterocycles. The Bertz CT molecular complexity index is 657. The maximum atomic E-state index is 12.0. The second kappa shape index (κ2) is 6.75. The van der Waals surface area contributed by atoms with Crippen LogP contribution in [0.15, 0.2) is 18.3 Å². The van der Waals surface area contributed by atoms with Crippen molar-refractivity contribution in [2.24, 2.45) is 17.6 Å². The van der Waals surface area contributed by atoms with E-state index < -0.39 is 24.3 Å². The molecule has 0 unspecified atom stereocenters. The first-order valence-corrected chi connectivity index (χ1v) is 7.89. The van der Waals surface area contributed by atoms with Gasteiger partial charge in [0.25, 0.3) is 0 Å². The van der Waals surface area contributed by atoms with Crippen LogP contribution in [-0.2, 0) is 22.4 Å². The smallest absolute Gasteiger partial charge is 0.348 e. The fourth-order valence-corrected chi connectivity index (χ4v) is 3.56. The standard InChI is InChI=1S/C16H18N2O3S/c1-9-3-4-14-11(5-9)6-15(22-14)16(20)21-8-13(19)12(7-17)10(2)18/h6,9,12H,2-5,8,18H2,1H3/t9-,12+/m0/s1. The van der Waals surface area contributed by atoms with Gasteiger partial charge in [0.05, 0.1) is 6.07 Å². The zero-order valence-corrected chi connectivity index (χ0v) is 13.2. The molecule has 0 fully saturated rings. The number of ether oxygens (including phenoxy) is 1. The van der Waals surface area contributed by atoms with Crippen LogP contribution < -0.4 is 5.73 Å². The van der Waals surface area contributed by atoms with E-state index in [1.165, 1.54) is 21.8 Å². The Hall–Kier alpha value is -2.13. The summed E-state index contributed by atoms with van der Waals surface area (Å²) in [6.45, 7) is 5.11. The number of rotatable bonds is 5. The van der Waals surface area contributed by atoms with Gasteiger partial charge in [0.1, 0.15) is 10.8 Å². The number of nitriles is 1. The number of nitrogens with two attached hydrogens (primary N) is 1. The fourth-order valence-electron chi connectivity index (χ4n) is 2.46. The molecule has 2 N–H and O–H groups in total. The number of thiophene rings is 1. The van der Waals surface area contributed by atoms with Crippen LogP contribution in [0.4, 0.5) is 0 Å². The van der Waals surface area contributed by atoms with Gasteiger partial charge in [-0.25, -0.2) is 4.79 Å². The van der Waals surface area contributed by atoms with E-state index in [1.54, 1.807) is 6.07 Å². The van der Waals surface area contributed by atoms with Gasteiger partial charge in [0, 0.05) is 10.6 Å². The van der Waals surface area contributed by atoms with E-state index in [1.807, 2.05) is 6.07 Å². The number of fused-ring (bicyclic) bond motifs is 1. The number of Topliss-reactive ketones (excluding diaryl/α,β-unsaturated/α-hetero) is 1. The van der Waals surface area contributed by atoms with Crippen LogP contribution in [0.3, 0.4) is 0 Å². The first-order valence-electron chi connectivity index (χ1n) is 7.07. The molecule has 0 bridgehead atoms. The topological polar surface area (TPSA) is 93.2 Å². The van der Waals surface area contributed by atoms with Crippen molar-refractivity contribution in [3.8, 4) is 6.07 Å². The lowest BCUT2D eigenvalue weighted by Gasteiger charge is -2.16. The third-order valence-corrected chi connectivity index (χ3v) is 4.91. The highest BCUT2D eigenvalue weighted by Gasteiger charge is 2.24. The van der Waals surface area contributed by atoms with Crippen LogP contribution >= 0.6 is 11.3 Å². The first-order chi connectivity index (χ1) is 10.4. The maximum absolute atomic E-state index is 12.0. The van der Waals surface area contributed by atoms with Crippen LogP contribution in [0.25, 0.3) is 0 Å². The molecule has 1 aromatic rings. The SMILES string of the molecule is C=C(N)[C@@H](C#N)C(=O)COC(=O)c1cc2c(s1)CC[C@H](C)C2. The fraction of sp³-hybridized carbons (Fsp3) is 0.438. The summed E-state index contributed by atoms with van der Waals surface area (Å²) in [5.74, 6) is -1.59. The van der Waals surface area contributed by atoms with Crippen LogP contribution in [0.1, 0.15) is 33.5 Å². The predicted molar refractivity (Wildman–Crippen MR) is 83.2 cm³/mol. The zero-order chi connectivity index (χ0) is 16.3. The van der Waals surface area contributed by atoms with Gasteiger partial charge < -0.3 is 10.5 Å². The lowest BCUT2D eigenvalue weighted by molar-refractivity contribution is -0.123. The van der Waals surface area contributed by atoms with E-state index in [2.05, 4.69) is 13.5 Å². The normalized spacial score (nSPS) is 17.9. The van der Waals surface area contributed by atoms with Gasteiger partial charge in [-0.1, -0.05) is 13.5 Å². The van der Waals surface area contributed by atoms with E-state index in [4.69, 9.17) is 15.7 Å². The van der Waals surface area contributed by atoms with E-state index in [9.17, 15) is 9.59 Å². The largest absolute Gasteiger partial charge is 0.453 e. The van der Waals surface area contributed by atoms with E-state index in [-0.39, 0.29) is 5.70 Å². The molecule has 0 amide bonds. The van der Waals surface area contributed by atoms with Gasteiger partial charge in [-0.3, -0.25) is 4.79 Å². The molecule has 5 nitrogen and oxygen atoms in total. The highest BCUT2D eigenvalue weighted by atomic mass is 32.1. The zero-order valence-electron chi connectivity index (χ0n) is 12.4. The van der Waals surface area contributed by atoms with Gasteiger partial charge in [-0.15, -0.1) is 11.3 Å². The average Bonchev–Trinajstić information content (AvgIpc) is 2.88. The van der Waals surface area contributed by atoms with Gasteiger partial charge in [0.2, 0.25) is 0 Å². The van der Waals surface area contributed by atoms with Gasteiger partial charge >= 0.3 is 5.97 Å². The summed E-state index contributed by atoms with van der Waals surface area (Å²) >= 11 is 1.42. The minimum Gasteiger partial charge on any atom is -0.453 e. The molecular weight excluding hydrogens is 300 g/mol. The number of ketones is 1. The molecule has 1 aromatic heterocycles. The van der Waals surface area contributed by atoms with E-state index in [0.29, 0.717) is 10.8 Å². The predicted octanol–water partition coefficient (Wildman–Crippen LogP) is 2.21. The Morgan fingerprint density at radius 1 is 1.64 bits per heavy atom. The number of hydrogen-bond acceptors (Lipinski definition) is 6. The second-order valence-electron chi connectivity index (χ2n) is 5.59. The summed E-state index contributed by atoms with van der Waals surface area (Å²) in [6.07, 6.45) is 3.08. The number of carbonyl (C=O) groups excluding carboxylic acids is 2. The molecule has 0 saturated carbocycles. The van der Waals surface area contributed by atoms with Gasteiger partial charge in [-0.05, 0) is 36.8 Å². The van der Waals surface area contributed by atoms with Crippen LogP contribution in [0, 0.1) is 23.2 Å². The Balaban J connectivity index is 1.97. The van der Waals surface area contributed by atoms with Crippen LogP contribution in [0.5, 0.6) is 0 Å². The van der Waals surface area contributed by atoms with Crippen molar-refractivity contribution in [3.63, 3.8) is 0 Å². The van der Waals surface area contributed by atoms with Crippen molar-refractivity contribution in [2.45, 2.75) is 26.2 Å². The lowest BCUT2D eigenvalue weighted by atomic mass is 9.90. The lowest BCUT2D eigenvalue weighted by Crippen LogP contribution is -2.24. The minimum absolute atomic E-state index is 0.0378. The molecule has 116 valence electrons.